The molecule has 0 heterocycles. The predicted octanol–water partition coefficient (Wildman–Crippen LogP) is 3.13. The van der Waals surface area contributed by atoms with Crippen molar-refractivity contribution in [2.24, 2.45) is 10.7 Å². The minimum atomic E-state index is 0. The van der Waals surface area contributed by atoms with Crippen molar-refractivity contribution in [3.05, 3.63) is 29.8 Å². The van der Waals surface area contributed by atoms with Gasteiger partial charge in [0.2, 0.25) is 5.91 Å². The Labute approximate surface area is 155 Å². The zero-order valence-corrected chi connectivity index (χ0v) is 16.2. The number of halogens is 1. The standard InChI is InChI=1S/C17H26N4O.HI/c1-13-7-6-8-14(11-13)20-17(18)19-12-16(22)21(2)15-9-4-3-5-10-15;/h6-8,11,15H,3-5,9-10,12H2,1-2H3,(H3,18,19,20);1H. The Bertz CT molecular complexity index is 541. The summed E-state index contributed by atoms with van der Waals surface area (Å²) in [6, 6.07) is 8.24. The van der Waals surface area contributed by atoms with E-state index in [0.29, 0.717) is 6.04 Å². The lowest BCUT2D eigenvalue weighted by Gasteiger charge is -2.30. The molecule has 2 rings (SSSR count). The van der Waals surface area contributed by atoms with Crippen LogP contribution in [-0.2, 0) is 4.79 Å². The average molecular weight is 430 g/mol. The molecule has 1 aliphatic carbocycles. The lowest BCUT2D eigenvalue weighted by molar-refractivity contribution is -0.130. The SMILES string of the molecule is Cc1cccc(NC(N)=NCC(=O)N(C)C2CCCCC2)c1.I. The summed E-state index contributed by atoms with van der Waals surface area (Å²) in [6.07, 6.45) is 5.90. The summed E-state index contributed by atoms with van der Waals surface area (Å²) in [5.74, 6) is 0.303. The van der Waals surface area contributed by atoms with Gasteiger partial charge < -0.3 is 16.0 Å². The number of aliphatic imine (C=N–C) groups is 1. The van der Waals surface area contributed by atoms with E-state index in [1.165, 1.54) is 19.3 Å². The molecule has 1 aliphatic rings. The number of hydrogen-bond acceptors (Lipinski definition) is 2. The van der Waals surface area contributed by atoms with Crippen molar-refractivity contribution in [2.75, 3.05) is 18.9 Å². The lowest BCUT2D eigenvalue weighted by Crippen LogP contribution is -2.40. The largest absolute Gasteiger partial charge is 0.370 e. The van der Waals surface area contributed by atoms with Gasteiger partial charge in [0.1, 0.15) is 6.54 Å². The third-order valence-electron chi connectivity index (χ3n) is 4.19. The number of aryl methyl sites for hydroxylation is 1. The van der Waals surface area contributed by atoms with Gasteiger partial charge in [-0.1, -0.05) is 31.4 Å². The number of guanidine groups is 1. The van der Waals surface area contributed by atoms with Crippen LogP contribution in [0.25, 0.3) is 0 Å². The van der Waals surface area contributed by atoms with E-state index in [4.69, 9.17) is 5.73 Å². The van der Waals surface area contributed by atoms with Crippen molar-refractivity contribution < 1.29 is 4.79 Å². The molecule has 0 aromatic heterocycles. The Morgan fingerprint density at radius 2 is 2.04 bits per heavy atom. The second-order valence-corrected chi connectivity index (χ2v) is 5.99. The number of rotatable bonds is 4. The molecule has 0 bridgehead atoms. The first kappa shape index (κ1) is 19.7. The Morgan fingerprint density at radius 1 is 1.35 bits per heavy atom. The minimum Gasteiger partial charge on any atom is -0.370 e. The summed E-state index contributed by atoms with van der Waals surface area (Å²) in [7, 11) is 1.87. The van der Waals surface area contributed by atoms with Gasteiger partial charge in [0.25, 0.3) is 0 Å². The Morgan fingerprint density at radius 3 is 2.70 bits per heavy atom. The summed E-state index contributed by atoms with van der Waals surface area (Å²) in [5, 5.41) is 3.01. The molecule has 23 heavy (non-hydrogen) atoms. The number of amides is 1. The second kappa shape index (κ2) is 9.75. The van der Waals surface area contributed by atoms with Gasteiger partial charge in [0.05, 0.1) is 0 Å². The first-order chi connectivity index (χ1) is 10.6. The molecule has 1 fully saturated rings. The summed E-state index contributed by atoms with van der Waals surface area (Å²) in [4.78, 5) is 18.2. The fraction of sp³-hybridized carbons (Fsp3) is 0.529. The van der Waals surface area contributed by atoms with Crippen LogP contribution in [0.5, 0.6) is 0 Å². The molecule has 0 aliphatic heterocycles. The van der Waals surface area contributed by atoms with Crippen molar-refractivity contribution in [2.45, 2.75) is 45.1 Å². The van der Waals surface area contributed by atoms with Gasteiger partial charge in [0.15, 0.2) is 5.96 Å². The van der Waals surface area contributed by atoms with E-state index in [0.717, 1.165) is 24.1 Å². The molecule has 0 atom stereocenters. The molecule has 0 saturated heterocycles. The van der Waals surface area contributed by atoms with E-state index in [1.54, 1.807) is 0 Å². The molecule has 1 aromatic rings. The van der Waals surface area contributed by atoms with Crippen LogP contribution in [0.4, 0.5) is 5.69 Å². The fourth-order valence-electron chi connectivity index (χ4n) is 2.85. The highest BCUT2D eigenvalue weighted by molar-refractivity contribution is 14.0. The van der Waals surface area contributed by atoms with Crippen LogP contribution in [0, 0.1) is 6.92 Å². The van der Waals surface area contributed by atoms with Gasteiger partial charge in [0, 0.05) is 18.8 Å². The van der Waals surface area contributed by atoms with Crippen molar-refractivity contribution >= 4 is 41.5 Å². The van der Waals surface area contributed by atoms with Crippen LogP contribution < -0.4 is 11.1 Å². The molecular weight excluding hydrogens is 403 g/mol. The van der Waals surface area contributed by atoms with E-state index < -0.39 is 0 Å². The van der Waals surface area contributed by atoms with Crippen molar-refractivity contribution in [1.82, 2.24) is 4.90 Å². The topological polar surface area (TPSA) is 70.7 Å². The zero-order valence-electron chi connectivity index (χ0n) is 13.9. The number of nitrogens with one attached hydrogen (secondary N) is 1. The number of likely N-dealkylation sites (N-methyl/N-ethyl adjacent to an activating group) is 1. The number of anilines is 1. The molecule has 6 heteroatoms. The van der Waals surface area contributed by atoms with E-state index in [1.807, 2.05) is 43.1 Å². The maximum absolute atomic E-state index is 12.2. The number of hydrogen-bond donors (Lipinski definition) is 2. The third-order valence-corrected chi connectivity index (χ3v) is 4.19. The fourth-order valence-corrected chi connectivity index (χ4v) is 2.85. The van der Waals surface area contributed by atoms with Crippen LogP contribution in [0.3, 0.4) is 0 Å². The summed E-state index contributed by atoms with van der Waals surface area (Å²) in [6.45, 7) is 2.11. The Balaban J connectivity index is 0.00000264. The van der Waals surface area contributed by atoms with Gasteiger partial charge in [-0.3, -0.25) is 4.79 Å². The number of carbonyl (C=O) groups is 1. The molecule has 0 unspecified atom stereocenters. The summed E-state index contributed by atoms with van der Waals surface area (Å²) >= 11 is 0. The number of nitrogens with zero attached hydrogens (tertiary/aromatic N) is 2. The van der Waals surface area contributed by atoms with E-state index >= 15 is 0 Å². The Kier molecular flexibility index (Phi) is 8.36. The first-order valence-electron chi connectivity index (χ1n) is 7.95. The number of benzene rings is 1. The van der Waals surface area contributed by atoms with Crippen LogP contribution in [0.1, 0.15) is 37.7 Å². The van der Waals surface area contributed by atoms with Gasteiger partial charge in [-0.15, -0.1) is 24.0 Å². The lowest BCUT2D eigenvalue weighted by atomic mass is 9.94. The summed E-state index contributed by atoms with van der Waals surface area (Å²) in [5.41, 5.74) is 7.88. The molecule has 3 N–H and O–H groups in total. The van der Waals surface area contributed by atoms with Crippen LogP contribution in [-0.4, -0.2) is 36.4 Å². The maximum Gasteiger partial charge on any atom is 0.244 e. The van der Waals surface area contributed by atoms with Crippen LogP contribution in [0.2, 0.25) is 0 Å². The first-order valence-corrected chi connectivity index (χ1v) is 7.95. The zero-order chi connectivity index (χ0) is 15.9. The highest BCUT2D eigenvalue weighted by atomic mass is 127. The normalized spacial score (nSPS) is 15.7. The van der Waals surface area contributed by atoms with Gasteiger partial charge >= 0.3 is 0 Å². The molecule has 1 amide bonds. The van der Waals surface area contributed by atoms with Crippen molar-refractivity contribution in [3.8, 4) is 0 Å². The Hall–Kier alpha value is -1.31. The molecule has 0 radical (unpaired) electrons. The van der Waals surface area contributed by atoms with E-state index in [2.05, 4.69) is 10.3 Å². The molecule has 128 valence electrons. The molecule has 1 aromatic carbocycles. The van der Waals surface area contributed by atoms with Crippen LogP contribution >= 0.6 is 24.0 Å². The average Bonchev–Trinajstić information content (AvgIpc) is 2.52. The van der Waals surface area contributed by atoms with Crippen molar-refractivity contribution in [3.63, 3.8) is 0 Å². The van der Waals surface area contributed by atoms with Gasteiger partial charge in [-0.2, -0.15) is 0 Å². The molecule has 0 spiro atoms. The number of carbonyl (C=O) groups excluding carboxylic acids is 1. The van der Waals surface area contributed by atoms with E-state index in [-0.39, 0.29) is 42.4 Å². The molecular formula is C17H27IN4O. The minimum absolute atomic E-state index is 0. The monoisotopic (exact) mass is 430 g/mol. The van der Waals surface area contributed by atoms with Crippen molar-refractivity contribution in [1.29, 1.82) is 0 Å². The maximum atomic E-state index is 12.2. The van der Waals surface area contributed by atoms with Gasteiger partial charge in [-0.05, 0) is 37.5 Å². The molecule has 1 saturated carbocycles. The van der Waals surface area contributed by atoms with E-state index in [9.17, 15) is 4.79 Å². The highest BCUT2D eigenvalue weighted by Gasteiger charge is 2.21. The second-order valence-electron chi connectivity index (χ2n) is 5.99. The molecule has 5 nitrogen and oxygen atoms in total. The number of nitrogens with two attached hydrogens (primary N) is 1. The summed E-state index contributed by atoms with van der Waals surface area (Å²) < 4.78 is 0. The van der Waals surface area contributed by atoms with Gasteiger partial charge in [-0.25, -0.2) is 4.99 Å². The predicted molar refractivity (Wildman–Crippen MR) is 106 cm³/mol. The smallest absolute Gasteiger partial charge is 0.244 e. The highest BCUT2D eigenvalue weighted by Crippen LogP contribution is 2.21. The third kappa shape index (κ3) is 6.37. The van der Waals surface area contributed by atoms with Crippen LogP contribution in [0.15, 0.2) is 29.3 Å². The quantitative estimate of drug-likeness (QED) is 0.438.